The van der Waals surface area contributed by atoms with E-state index in [1.807, 2.05) is 18.7 Å². The quantitative estimate of drug-likeness (QED) is 0.752. The molecule has 0 aliphatic carbocycles. The molecule has 0 aliphatic rings. The maximum atomic E-state index is 3.95. The zero-order chi connectivity index (χ0) is 13.0. The molecule has 0 bridgehead atoms. The van der Waals surface area contributed by atoms with Gasteiger partial charge in [-0.2, -0.15) is 0 Å². The van der Waals surface area contributed by atoms with Crippen molar-refractivity contribution in [1.29, 1.82) is 0 Å². The Balaban J connectivity index is 0. The molecule has 0 aliphatic heterocycles. The number of hydrogen-bond acceptors (Lipinski definition) is 1. The zero-order valence-corrected chi connectivity index (χ0v) is 14.5. The standard InChI is InChI=1S/C6H11N2P.C3H9P.C2H7P/c1-9(2)6-8-4-3-7-5-8;1-4(2)3;1-3-2/h3-5H,6H2,1-2H3;1-3H3;3H,1-2H3. The molecule has 0 radical (unpaired) electrons. The van der Waals surface area contributed by atoms with Crippen LogP contribution in [0, 0.1) is 0 Å². The molecule has 0 atom stereocenters. The van der Waals surface area contributed by atoms with Gasteiger partial charge in [-0.05, 0) is 46.7 Å². The molecule has 0 saturated carbocycles. The van der Waals surface area contributed by atoms with Gasteiger partial charge in [-0.3, -0.25) is 0 Å². The third kappa shape index (κ3) is 20.0. The Kier molecular flexibility index (Phi) is 16.0. The van der Waals surface area contributed by atoms with E-state index < -0.39 is 0 Å². The van der Waals surface area contributed by atoms with Crippen LogP contribution in [0.25, 0.3) is 0 Å². The Bertz CT molecular complexity index is 208. The number of aromatic nitrogens is 2. The minimum atomic E-state index is 0.172. The first-order valence-electron chi connectivity index (χ1n) is 5.23. The van der Waals surface area contributed by atoms with E-state index in [9.17, 15) is 0 Å². The largest absolute Gasteiger partial charge is 0.333 e. The highest BCUT2D eigenvalue weighted by Gasteiger charge is 1.91. The van der Waals surface area contributed by atoms with Crippen molar-refractivity contribution >= 4 is 24.4 Å². The molecule has 0 saturated heterocycles. The number of nitrogens with zero attached hydrogens (tertiary/aromatic N) is 2. The predicted molar refractivity (Wildman–Crippen MR) is 85.9 cm³/mol. The van der Waals surface area contributed by atoms with Crippen LogP contribution in [0.5, 0.6) is 0 Å². The van der Waals surface area contributed by atoms with E-state index in [2.05, 4.69) is 56.2 Å². The lowest BCUT2D eigenvalue weighted by molar-refractivity contribution is 0.881. The summed E-state index contributed by atoms with van der Waals surface area (Å²) in [4.78, 5) is 3.95. The van der Waals surface area contributed by atoms with E-state index in [4.69, 9.17) is 0 Å². The van der Waals surface area contributed by atoms with Crippen LogP contribution in [0.1, 0.15) is 0 Å². The van der Waals surface area contributed by atoms with Gasteiger partial charge in [-0.1, -0.05) is 7.92 Å². The van der Waals surface area contributed by atoms with Gasteiger partial charge in [0, 0.05) is 18.7 Å². The minimum Gasteiger partial charge on any atom is -0.333 e. The molecule has 1 aromatic heterocycles. The summed E-state index contributed by atoms with van der Waals surface area (Å²) in [6, 6.07) is 0. The first-order chi connectivity index (χ1) is 7.43. The molecule has 1 aromatic rings. The lowest BCUT2D eigenvalue weighted by atomic mass is 10.9. The molecule has 0 amide bonds. The zero-order valence-electron chi connectivity index (χ0n) is 11.7. The normalized spacial score (nSPS) is 9.31. The van der Waals surface area contributed by atoms with E-state index >= 15 is 0 Å². The van der Waals surface area contributed by atoms with Crippen LogP contribution in [0.15, 0.2) is 18.7 Å². The second-order valence-electron chi connectivity index (χ2n) is 4.14. The van der Waals surface area contributed by atoms with Gasteiger partial charge in [0.15, 0.2) is 0 Å². The van der Waals surface area contributed by atoms with Crippen LogP contribution < -0.4 is 0 Å². The molecule has 5 heteroatoms. The molecule has 0 spiro atoms. The summed E-state index contributed by atoms with van der Waals surface area (Å²) < 4.78 is 2.12. The van der Waals surface area contributed by atoms with Gasteiger partial charge in [0.25, 0.3) is 0 Å². The Hall–Kier alpha value is 0.500. The first-order valence-corrected chi connectivity index (χ1v) is 12.3. The fourth-order valence-corrected chi connectivity index (χ4v) is 1.52. The van der Waals surface area contributed by atoms with Crippen LogP contribution in [0.2, 0.25) is 0 Å². The summed E-state index contributed by atoms with van der Waals surface area (Å²) in [7, 11) is 1.63. The van der Waals surface area contributed by atoms with Crippen molar-refractivity contribution in [2.45, 2.75) is 6.29 Å². The van der Waals surface area contributed by atoms with Crippen molar-refractivity contribution in [2.75, 3.05) is 46.7 Å². The molecule has 1 heterocycles. The maximum Gasteiger partial charge on any atom is 0.0949 e. The van der Waals surface area contributed by atoms with Crippen LogP contribution in [-0.2, 0) is 6.29 Å². The molecule has 0 fully saturated rings. The smallest absolute Gasteiger partial charge is 0.0949 e. The summed E-state index contributed by atoms with van der Waals surface area (Å²) in [5.41, 5.74) is 0. The van der Waals surface area contributed by atoms with E-state index in [1.54, 1.807) is 0 Å². The molecule has 16 heavy (non-hydrogen) atoms. The van der Waals surface area contributed by atoms with Gasteiger partial charge in [0.2, 0.25) is 0 Å². The Morgan fingerprint density at radius 3 is 1.81 bits per heavy atom. The third-order valence-electron chi connectivity index (χ3n) is 1.01. The average molecular weight is 280 g/mol. The fourth-order valence-electron chi connectivity index (χ4n) is 0.697. The highest BCUT2D eigenvalue weighted by atomic mass is 31.1. The Labute approximate surface area is 106 Å². The molecule has 0 unspecified atom stereocenters. The van der Waals surface area contributed by atoms with Crippen molar-refractivity contribution in [1.82, 2.24) is 9.55 Å². The fraction of sp³-hybridized carbons (Fsp3) is 0.727. The van der Waals surface area contributed by atoms with Gasteiger partial charge in [0.1, 0.15) is 0 Å². The van der Waals surface area contributed by atoms with Crippen molar-refractivity contribution < 1.29 is 0 Å². The van der Waals surface area contributed by atoms with E-state index in [0.29, 0.717) is 7.92 Å². The second kappa shape index (κ2) is 13.6. The Morgan fingerprint density at radius 1 is 1.12 bits per heavy atom. The predicted octanol–water partition coefficient (Wildman–Crippen LogP) is 3.86. The van der Waals surface area contributed by atoms with E-state index in [1.165, 1.54) is 0 Å². The van der Waals surface area contributed by atoms with Gasteiger partial charge >= 0.3 is 0 Å². The van der Waals surface area contributed by atoms with Crippen LogP contribution in [0.3, 0.4) is 0 Å². The van der Waals surface area contributed by atoms with Gasteiger partial charge in [-0.25, -0.2) is 4.98 Å². The second-order valence-corrected chi connectivity index (χ2v) is 10.3. The van der Waals surface area contributed by atoms with Gasteiger partial charge in [-0.15, -0.1) is 16.5 Å². The van der Waals surface area contributed by atoms with E-state index in [0.717, 1.165) is 14.9 Å². The minimum absolute atomic E-state index is 0.172. The van der Waals surface area contributed by atoms with Gasteiger partial charge < -0.3 is 4.57 Å². The maximum absolute atomic E-state index is 3.95. The number of hydrogen-bond donors (Lipinski definition) is 0. The summed E-state index contributed by atoms with van der Waals surface area (Å²) >= 11 is 0. The topological polar surface area (TPSA) is 17.8 Å². The van der Waals surface area contributed by atoms with Crippen molar-refractivity contribution in [2.24, 2.45) is 0 Å². The summed E-state index contributed by atoms with van der Waals surface area (Å²) in [5, 5.41) is 0. The molecule has 1 rings (SSSR count). The number of rotatable bonds is 2. The average Bonchev–Trinajstić information content (AvgIpc) is 2.55. The lowest BCUT2D eigenvalue weighted by Gasteiger charge is -2.04. The highest BCUT2D eigenvalue weighted by molar-refractivity contribution is 7.55. The highest BCUT2D eigenvalue weighted by Crippen LogP contribution is 2.25. The molecule has 0 N–H and O–H groups in total. The molecule has 96 valence electrons. The SMILES string of the molecule is CP(C)C.CP(C)Cn1ccnc1.CPC. The number of imidazole rings is 1. The van der Waals surface area contributed by atoms with Crippen molar-refractivity contribution in [3.8, 4) is 0 Å². The van der Waals surface area contributed by atoms with Crippen LogP contribution >= 0.6 is 24.4 Å². The van der Waals surface area contributed by atoms with Crippen LogP contribution in [-0.4, -0.2) is 56.2 Å². The van der Waals surface area contributed by atoms with Crippen molar-refractivity contribution in [3.63, 3.8) is 0 Å². The third-order valence-corrected chi connectivity index (χ3v) is 1.90. The first kappa shape index (κ1) is 18.9. The summed E-state index contributed by atoms with van der Waals surface area (Å²) in [6.45, 7) is 15.5. The summed E-state index contributed by atoms with van der Waals surface area (Å²) in [6.07, 6.45) is 6.82. The lowest BCUT2D eigenvalue weighted by Crippen LogP contribution is -1.89. The van der Waals surface area contributed by atoms with Gasteiger partial charge in [0.05, 0.1) is 6.33 Å². The molecule has 2 nitrogen and oxygen atoms in total. The van der Waals surface area contributed by atoms with E-state index in [-0.39, 0.29) is 7.92 Å². The monoisotopic (exact) mass is 280 g/mol. The molecule has 0 aromatic carbocycles. The van der Waals surface area contributed by atoms with Crippen LogP contribution in [0.4, 0.5) is 0 Å². The molecular weight excluding hydrogens is 253 g/mol. The van der Waals surface area contributed by atoms with Crippen molar-refractivity contribution in [3.05, 3.63) is 18.7 Å². The summed E-state index contributed by atoms with van der Waals surface area (Å²) in [5.74, 6) is 0. The Morgan fingerprint density at radius 2 is 1.56 bits per heavy atom. The molecular formula is C11H27N2P3.